The van der Waals surface area contributed by atoms with Crippen molar-refractivity contribution in [1.82, 2.24) is 0 Å². The molecule has 0 spiro atoms. The van der Waals surface area contributed by atoms with Crippen LogP contribution in [-0.4, -0.2) is 5.97 Å². The first kappa shape index (κ1) is 12.5. The lowest BCUT2D eigenvalue weighted by atomic mass is 9.99. The third-order valence-corrected chi connectivity index (χ3v) is 2.32. The molecule has 0 fully saturated rings. The molecule has 0 bridgehead atoms. The van der Waals surface area contributed by atoms with Crippen LogP contribution in [0.1, 0.15) is 32.4 Å². The molecular weight excluding hydrogens is 200 g/mol. The highest BCUT2D eigenvalue weighted by molar-refractivity contribution is 5.87. The molecule has 0 aromatic heterocycles. The number of ether oxygens (including phenoxy) is 1. The number of esters is 1. The lowest BCUT2D eigenvalue weighted by Crippen LogP contribution is -2.16. The van der Waals surface area contributed by atoms with E-state index in [0.717, 1.165) is 5.56 Å². The smallest absolute Gasteiger partial charge is 0.333 e. The van der Waals surface area contributed by atoms with Crippen molar-refractivity contribution in [3.8, 4) is 0 Å². The highest BCUT2D eigenvalue weighted by atomic mass is 16.5. The van der Waals surface area contributed by atoms with E-state index in [2.05, 4.69) is 6.58 Å². The minimum atomic E-state index is -0.331. The standard InChI is InChI=1S/C14H18O2/c1-10(2)13(16-14(15)11(3)4)12-8-6-5-7-9-12/h5-10,13H,3H2,1-2,4H3. The first-order valence-electron chi connectivity index (χ1n) is 5.43. The van der Waals surface area contributed by atoms with E-state index in [1.807, 2.05) is 44.2 Å². The monoisotopic (exact) mass is 218 g/mol. The maximum Gasteiger partial charge on any atom is 0.333 e. The molecule has 0 amide bonds. The summed E-state index contributed by atoms with van der Waals surface area (Å²) in [6.07, 6.45) is -0.203. The molecule has 1 aromatic rings. The zero-order valence-electron chi connectivity index (χ0n) is 10.1. The van der Waals surface area contributed by atoms with E-state index in [9.17, 15) is 4.79 Å². The van der Waals surface area contributed by atoms with Crippen LogP contribution in [0.15, 0.2) is 42.5 Å². The lowest BCUT2D eigenvalue weighted by molar-refractivity contribution is -0.146. The topological polar surface area (TPSA) is 26.3 Å². The van der Waals surface area contributed by atoms with Gasteiger partial charge >= 0.3 is 5.97 Å². The number of carbonyl (C=O) groups is 1. The second kappa shape index (κ2) is 5.50. The number of carbonyl (C=O) groups excluding carboxylic acids is 1. The van der Waals surface area contributed by atoms with Gasteiger partial charge in [0.25, 0.3) is 0 Å². The highest BCUT2D eigenvalue weighted by Gasteiger charge is 2.20. The Labute approximate surface area is 96.9 Å². The molecule has 0 aliphatic rings. The van der Waals surface area contributed by atoms with Crippen molar-refractivity contribution < 1.29 is 9.53 Å². The second-order valence-electron chi connectivity index (χ2n) is 4.26. The maximum atomic E-state index is 11.5. The molecule has 86 valence electrons. The van der Waals surface area contributed by atoms with Gasteiger partial charge in [-0.1, -0.05) is 50.8 Å². The van der Waals surface area contributed by atoms with E-state index >= 15 is 0 Å². The Morgan fingerprint density at radius 1 is 1.25 bits per heavy atom. The fraction of sp³-hybridized carbons (Fsp3) is 0.357. The summed E-state index contributed by atoms with van der Waals surface area (Å²) in [5.74, 6) is -0.0896. The number of benzene rings is 1. The minimum Gasteiger partial charge on any atom is -0.454 e. The molecule has 1 atom stereocenters. The van der Waals surface area contributed by atoms with Crippen LogP contribution in [0.4, 0.5) is 0 Å². The van der Waals surface area contributed by atoms with Gasteiger partial charge in [0.1, 0.15) is 6.10 Å². The van der Waals surface area contributed by atoms with Gasteiger partial charge in [0.15, 0.2) is 0 Å². The van der Waals surface area contributed by atoms with Crippen molar-refractivity contribution in [2.45, 2.75) is 26.9 Å². The summed E-state index contributed by atoms with van der Waals surface area (Å²) in [4.78, 5) is 11.5. The molecule has 1 aromatic carbocycles. The molecule has 2 nitrogen and oxygen atoms in total. The largest absolute Gasteiger partial charge is 0.454 e. The van der Waals surface area contributed by atoms with Gasteiger partial charge in [-0.2, -0.15) is 0 Å². The number of hydrogen-bond donors (Lipinski definition) is 0. The Bertz CT molecular complexity index is 366. The van der Waals surface area contributed by atoms with E-state index in [1.54, 1.807) is 6.92 Å². The predicted octanol–water partition coefficient (Wildman–Crippen LogP) is 3.50. The normalized spacial score (nSPS) is 12.2. The maximum absolute atomic E-state index is 11.5. The second-order valence-corrected chi connectivity index (χ2v) is 4.26. The van der Waals surface area contributed by atoms with Gasteiger partial charge in [0, 0.05) is 5.57 Å². The van der Waals surface area contributed by atoms with Crippen LogP contribution < -0.4 is 0 Å². The average molecular weight is 218 g/mol. The van der Waals surface area contributed by atoms with E-state index in [1.165, 1.54) is 0 Å². The number of rotatable bonds is 4. The van der Waals surface area contributed by atoms with Crippen molar-refractivity contribution in [3.63, 3.8) is 0 Å². The molecule has 0 N–H and O–H groups in total. The summed E-state index contributed by atoms with van der Waals surface area (Å²) in [5.41, 5.74) is 1.45. The van der Waals surface area contributed by atoms with Gasteiger partial charge in [-0.3, -0.25) is 0 Å². The summed E-state index contributed by atoms with van der Waals surface area (Å²) in [7, 11) is 0. The van der Waals surface area contributed by atoms with Crippen LogP contribution in [0.25, 0.3) is 0 Å². The lowest BCUT2D eigenvalue weighted by Gasteiger charge is -2.21. The van der Waals surface area contributed by atoms with Gasteiger partial charge < -0.3 is 4.74 Å². The van der Waals surface area contributed by atoms with Crippen molar-refractivity contribution in [2.75, 3.05) is 0 Å². The average Bonchev–Trinajstić information content (AvgIpc) is 2.26. The van der Waals surface area contributed by atoms with Crippen LogP contribution >= 0.6 is 0 Å². The molecule has 2 heteroatoms. The summed E-state index contributed by atoms with van der Waals surface area (Å²) in [6.45, 7) is 9.31. The van der Waals surface area contributed by atoms with Gasteiger partial charge in [-0.25, -0.2) is 4.79 Å². The van der Waals surface area contributed by atoms with Crippen LogP contribution in [0, 0.1) is 5.92 Å². The Kier molecular flexibility index (Phi) is 4.29. The first-order valence-corrected chi connectivity index (χ1v) is 5.43. The SMILES string of the molecule is C=C(C)C(=O)OC(c1ccccc1)C(C)C. The fourth-order valence-corrected chi connectivity index (χ4v) is 1.45. The van der Waals surface area contributed by atoms with Gasteiger partial charge in [0.05, 0.1) is 0 Å². The van der Waals surface area contributed by atoms with Crippen LogP contribution in [-0.2, 0) is 9.53 Å². The zero-order chi connectivity index (χ0) is 12.1. The van der Waals surface area contributed by atoms with Gasteiger partial charge in [-0.05, 0) is 18.4 Å². The summed E-state index contributed by atoms with van der Waals surface area (Å²) < 4.78 is 5.42. The summed E-state index contributed by atoms with van der Waals surface area (Å²) >= 11 is 0. The predicted molar refractivity (Wildman–Crippen MR) is 64.9 cm³/mol. The van der Waals surface area contributed by atoms with Crippen molar-refractivity contribution >= 4 is 5.97 Å². The molecule has 1 unspecified atom stereocenters. The highest BCUT2D eigenvalue weighted by Crippen LogP contribution is 2.26. The molecule has 0 aliphatic heterocycles. The van der Waals surface area contributed by atoms with E-state index < -0.39 is 0 Å². The third-order valence-electron chi connectivity index (χ3n) is 2.32. The molecular formula is C14H18O2. The Balaban J connectivity index is 2.85. The van der Waals surface area contributed by atoms with Crippen LogP contribution in [0.5, 0.6) is 0 Å². The molecule has 0 saturated heterocycles. The molecule has 16 heavy (non-hydrogen) atoms. The first-order chi connectivity index (χ1) is 7.52. The van der Waals surface area contributed by atoms with Gasteiger partial charge in [-0.15, -0.1) is 0 Å². The van der Waals surface area contributed by atoms with E-state index in [4.69, 9.17) is 4.74 Å². The zero-order valence-corrected chi connectivity index (χ0v) is 10.1. The van der Waals surface area contributed by atoms with Crippen LogP contribution in [0.2, 0.25) is 0 Å². The minimum absolute atomic E-state index is 0.203. The van der Waals surface area contributed by atoms with Crippen LogP contribution in [0.3, 0.4) is 0 Å². The Morgan fingerprint density at radius 2 is 1.81 bits per heavy atom. The van der Waals surface area contributed by atoms with E-state index in [-0.39, 0.29) is 18.0 Å². The summed E-state index contributed by atoms with van der Waals surface area (Å²) in [5, 5.41) is 0. The summed E-state index contributed by atoms with van der Waals surface area (Å²) in [6, 6.07) is 9.77. The molecule has 0 heterocycles. The van der Waals surface area contributed by atoms with Crippen molar-refractivity contribution in [3.05, 3.63) is 48.0 Å². The third kappa shape index (κ3) is 3.23. The Hall–Kier alpha value is -1.57. The Morgan fingerprint density at radius 3 is 2.25 bits per heavy atom. The van der Waals surface area contributed by atoms with Crippen molar-refractivity contribution in [2.24, 2.45) is 5.92 Å². The van der Waals surface area contributed by atoms with Gasteiger partial charge in [0.2, 0.25) is 0 Å². The molecule has 0 radical (unpaired) electrons. The molecule has 1 rings (SSSR count). The molecule has 0 aliphatic carbocycles. The fourth-order valence-electron chi connectivity index (χ4n) is 1.45. The van der Waals surface area contributed by atoms with Crippen molar-refractivity contribution in [1.29, 1.82) is 0 Å². The quantitative estimate of drug-likeness (QED) is 0.571. The molecule has 0 saturated carbocycles. The number of hydrogen-bond acceptors (Lipinski definition) is 2. The van der Waals surface area contributed by atoms with E-state index in [0.29, 0.717) is 5.57 Å².